The monoisotopic (exact) mass is 509 g/mol. The van der Waals surface area contributed by atoms with E-state index in [1.54, 1.807) is 0 Å². The molecule has 38 heavy (non-hydrogen) atoms. The van der Waals surface area contributed by atoms with E-state index in [4.69, 9.17) is 9.97 Å². The maximum absolute atomic E-state index is 11.8. The van der Waals surface area contributed by atoms with Gasteiger partial charge in [-0.3, -0.25) is 4.90 Å². The maximum Gasteiger partial charge on any atom is 0.407 e. The third-order valence-corrected chi connectivity index (χ3v) is 7.10. The number of carbonyl (C=O) groups is 1. The highest BCUT2D eigenvalue weighted by molar-refractivity contribution is 5.94. The standard InChI is InChI=1S/C29H31N7O2/c1-33(2)15-6-11-27-31-25-20-34(26-10-5-8-21-7-3-4-9-23(21)26)16-13-24(25)28(32-27)35-17-18-36(29(37)38)22(19-35)12-14-30/h3-5,7-10,22H,12-13,15-20H2,1-2H3,(H,37,38). The summed E-state index contributed by atoms with van der Waals surface area (Å²) in [4.78, 5) is 29.4. The molecule has 5 rings (SSSR count). The second kappa shape index (κ2) is 11.0. The topological polar surface area (TPSA) is 99.8 Å². The fraction of sp³-hybridized carbons (Fsp3) is 0.379. The Hall–Kier alpha value is -4.34. The number of benzene rings is 2. The van der Waals surface area contributed by atoms with Crippen LogP contribution in [0.4, 0.5) is 16.3 Å². The molecule has 1 unspecified atom stereocenters. The number of hydrogen-bond donors (Lipinski definition) is 1. The summed E-state index contributed by atoms with van der Waals surface area (Å²) < 4.78 is 0. The molecule has 9 nitrogen and oxygen atoms in total. The minimum atomic E-state index is -0.990. The van der Waals surface area contributed by atoms with Gasteiger partial charge < -0.3 is 19.8 Å². The normalized spacial score (nSPS) is 17.1. The molecular weight excluding hydrogens is 478 g/mol. The molecule has 1 N–H and O–H groups in total. The average molecular weight is 510 g/mol. The van der Waals surface area contributed by atoms with Crippen molar-refractivity contribution in [2.75, 3.05) is 56.6 Å². The molecule has 0 aliphatic carbocycles. The first-order valence-electron chi connectivity index (χ1n) is 12.8. The Bertz CT molecular complexity index is 1450. The summed E-state index contributed by atoms with van der Waals surface area (Å²) in [5.41, 5.74) is 3.21. The SMILES string of the molecule is CN(C)CC#Cc1nc2c(c(N3CCN(C(=O)O)C(CC#N)C3)n1)CCN(c1cccc3ccccc13)C2. The number of piperazine rings is 1. The fourth-order valence-corrected chi connectivity index (χ4v) is 5.27. The number of aromatic nitrogens is 2. The smallest absolute Gasteiger partial charge is 0.407 e. The third-order valence-electron chi connectivity index (χ3n) is 7.10. The van der Waals surface area contributed by atoms with Crippen molar-refractivity contribution in [3.63, 3.8) is 0 Å². The van der Waals surface area contributed by atoms with Gasteiger partial charge in [0, 0.05) is 42.8 Å². The molecule has 1 aromatic heterocycles. The maximum atomic E-state index is 11.8. The first-order valence-corrected chi connectivity index (χ1v) is 12.8. The van der Waals surface area contributed by atoms with Crippen LogP contribution in [0.25, 0.3) is 10.8 Å². The summed E-state index contributed by atoms with van der Waals surface area (Å²) in [6, 6.07) is 16.5. The Morgan fingerprint density at radius 1 is 1.11 bits per heavy atom. The molecule has 2 aliphatic rings. The molecule has 0 saturated carbocycles. The lowest BCUT2D eigenvalue weighted by molar-refractivity contribution is 0.119. The van der Waals surface area contributed by atoms with Gasteiger partial charge in [0.15, 0.2) is 0 Å². The molecule has 1 amide bonds. The Labute approximate surface area is 222 Å². The molecule has 9 heteroatoms. The molecule has 2 aromatic carbocycles. The summed E-state index contributed by atoms with van der Waals surface area (Å²) in [6.45, 7) is 3.30. The predicted molar refractivity (Wildman–Crippen MR) is 147 cm³/mol. The molecule has 0 bridgehead atoms. The molecule has 1 atom stereocenters. The van der Waals surface area contributed by atoms with Gasteiger partial charge in [-0.25, -0.2) is 14.8 Å². The number of carboxylic acid groups (broad SMARTS) is 1. The molecule has 0 radical (unpaired) electrons. The zero-order valence-corrected chi connectivity index (χ0v) is 21.8. The van der Waals surface area contributed by atoms with Crippen LogP contribution < -0.4 is 9.80 Å². The first-order chi connectivity index (χ1) is 18.4. The van der Waals surface area contributed by atoms with E-state index in [9.17, 15) is 15.2 Å². The lowest BCUT2D eigenvalue weighted by Crippen LogP contribution is -2.55. The fourth-order valence-electron chi connectivity index (χ4n) is 5.27. The molecule has 194 valence electrons. The summed E-state index contributed by atoms with van der Waals surface area (Å²) in [6.07, 6.45) is -0.0856. The largest absolute Gasteiger partial charge is 0.465 e. The van der Waals surface area contributed by atoms with Crippen LogP contribution in [0.3, 0.4) is 0 Å². The van der Waals surface area contributed by atoms with Crippen LogP contribution in [-0.2, 0) is 13.0 Å². The summed E-state index contributed by atoms with van der Waals surface area (Å²) in [5, 5.41) is 21.4. The number of rotatable bonds is 4. The summed E-state index contributed by atoms with van der Waals surface area (Å²) in [7, 11) is 3.93. The van der Waals surface area contributed by atoms with E-state index in [1.807, 2.05) is 19.0 Å². The van der Waals surface area contributed by atoms with Crippen molar-refractivity contribution in [1.82, 2.24) is 19.8 Å². The number of fused-ring (bicyclic) bond motifs is 2. The minimum Gasteiger partial charge on any atom is -0.465 e. The molecule has 1 fully saturated rings. The Kier molecular flexibility index (Phi) is 7.30. The van der Waals surface area contributed by atoms with E-state index >= 15 is 0 Å². The second-order valence-corrected chi connectivity index (χ2v) is 9.94. The van der Waals surface area contributed by atoms with Gasteiger partial charge in [-0.15, -0.1) is 0 Å². The number of hydrogen-bond acceptors (Lipinski definition) is 7. The van der Waals surface area contributed by atoms with Crippen LogP contribution in [0.5, 0.6) is 0 Å². The zero-order chi connectivity index (χ0) is 26.6. The van der Waals surface area contributed by atoms with Gasteiger partial charge in [-0.2, -0.15) is 5.26 Å². The van der Waals surface area contributed by atoms with Crippen molar-refractivity contribution in [2.24, 2.45) is 0 Å². The van der Waals surface area contributed by atoms with E-state index < -0.39 is 12.1 Å². The Balaban J connectivity index is 1.51. The van der Waals surface area contributed by atoms with Gasteiger partial charge in [-0.05, 0) is 37.9 Å². The van der Waals surface area contributed by atoms with Crippen LogP contribution >= 0.6 is 0 Å². The highest BCUT2D eigenvalue weighted by atomic mass is 16.4. The van der Waals surface area contributed by atoms with Gasteiger partial charge in [-0.1, -0.05) is 42.3 Å². The van der Waals surface area contributed by atoms with Crippen LogP contribution in [-0.4, -0.2) is 83.8 Å². The highest BCUT2D eigenvalue weighted by Gasteiger charge is 2.33. The van der Waals surface area contributed by atoms with Crippen LogP contribution in [0.15, 0.2) is 42.5 Å². The zero-order valence-electron chi connectivity index (χ0n) is 21.8. The quantitative estimate of drug-likeness (QED) is 0.536. The van der Waals surface area contributed by atoms with E-state index in [0.717, 1.165) is 30.0 Å². The van der Waals surface area contributed by atoms with Gasteiger partial charge in [0.25, 0.3) is 0 Å². The van der Waals surface area contributed by atoms with Crippen LogP contribution in [0.1, 0.15) is 23.5 Å². The van der Waals surface area contributed by atoms with Crippen molar-refractivity contribution < 1.29 is 9.90 Å². The van der Waals surface area contributed by atoms with Gasteiger partial charge in [0.1, 0.15) is 5.82 Å². The second-order valence-electron chi connectivity index (χ2n) is 9.94. The number of nitriles is 1. The van der Waals surface area contributed by atoms with Crippen molar-refractivity contribution in [1.29, 1.82) is 5.26 Å². The molecule has 1 saturated heterocycles. The lowest BCUT2D eigenvalue weighted by Gasteiger charge is -2.41. The average Bonchev–Trinajstić information content (AvgIpc) is 2.92. The van der Waals surface area contributed by atoms with Crippen molar-refractivity contribution in [3.8, 4) is 17.9 Å². The first kappa shape index (κ1) is 25.3. The predicted octanol–water partition coefficient (Wildman–Crippen LogP) is 3.19. The minimum absolute atomic E-state index is 0.139. The van der Waals surface area contributed by atoms with Gasteiger partial charge >= 0.3 is 6.09 Å². The van der Waals surface area contributed by atoms with Crippen molar-refractivity contribution in [2.45, 2.75) is 25.4 Å². The van der Waals surface area contributed by atoms with Gasteiger partial charge in [0.2, 0.25) is 5.82 Å². The lowest BCUT2D eigenvalue weighted by atomic mass is 10.0. The van der Waals surface area contributed by atoms with Crippen LogP contribution in [0.2, 0.25) is 0 Å². The molecule has 0 spiro atoms. The highest BCUT2D eigenvalue weighted by Crippen LogP contribution is 2.33. The molecule has 2 aliphatic heterocycles. The number of anilines is 2. The summed E-state index contributed by atoms with van der Waals surface area (Å²) >= 11 is 0. The van der Waals surface area contributed by atoms with E-state index in [0.29, 0.717) is 38.5 Å². The number of amides is 1. The van der Waals surface area contributed by atoms with Crippen LogP contribution in [0, 0.1) is 23.2 Å². The van der Waals surface area contributed by atoms with Crippen molar-refractivity contribution >= 4 is 28.4 Å². The molecule has 3 aromatic rings. The van der Waals surface area contributed by atoms with Crippen molar-refractivity contribution in [3.05, 3.63) is 59.5 Å². The van der Waals surface area contributed by atoms with E-state index in [2.05, 4.69) is 70.2 Å². The van der Waals surface area contributed by atoms with E-state index in [1.165, 1.54) is 21.4 Å². The third kappa shape index (κ3) is 5.20. The Morgan fingerprint density at radius 3 is 2.71 bits per heavy atom. The van der Waals surface area contributed by atoms with Gasteiger partial charge in [0.05, 0.1) is 37.3 Å². The van der Waals surface area contributed by atoms with E-state index in [-0.39, 0.29) is 6.42 Å². The summed E-state index contributed by atoms with van der Waals surface area (Å²) in [5.74, 6) is 7.57. The molecular formula is C29H31N7O2. The Morgan fingerprint density at radius 2 is 1.92 bits per heavy atom. The molecule has 3 heterocycles. The number of nitrogens with zero attached hydrogens (tertiary/aromatic N) is 7.